The standard InChI is InChI=1S/C15H17ClN2O2/c1-9-5-10(2)12(11(3)6-9)7-18-8-17-14(16)13(20-4)15(18)19/h5-6,8H,7H2,1-4H3. The third-order valence-electron chi connectivity index (χ3n) is 3.33. The van der Waals surface area contributed by atoms with Gasteiger partial charge in [-0.1, -0.05) is 29.3 Å². The van der Waals surface area contributed by atoms with Gasteiger partial charge < -0.3 is 4.74 Å². The van der Waals surface area contributed by atoms with Crippen LogP contribution in [0.4, 0.5) is 0 Å². The normalized spacial score (nSPS) is 10.7. The van der Waals surface area contributed by atoms with Gasteiger partial charge in [0.15, 0.2) is 5.15 Å². The smallest absolute Gasteiger partial charge is 0.297 e. The summed E-state index contributed by atoms with van der Waals surface area (Å²) < 4.78 is 6.52. The zero-order chi connectivity index (χ0) is 14.9. The van der Waals surface area contributed by atoms with Gasteiger partial charge in [-0.2, -0.15) is 0 Å². The number of benzene rings is 1. The molecule has 0 amide bonds. The highest BCUT2D eigenvalue weighted by atomic mass is 35.5. The Morgan fingerprint density at radius 1 is 1.25 bits per heavy atom. The molecule has 0 radical (unpaired) electrons. The second kappa shape index (κ2) is 5.67. The van der Waals surface area contributed by atoms with Crippen LogP contribution in [-0.4, -0.2) is 16.7 Å². The number of hydrogen-bond acceptors (Lipinski definition) is 3. The first-order valence-corrected chi connectivity index (χ1v) is 6.67. The fourth-order valence-electron chi connectivity index (χ4n) is 2.36. The van der Waals surface area contributed by atoms with Crippen LogP contribution in [-0.2, 0) is 6.54 Å². The minimum Gasteiger partial charge on any atom is -0.489 e. The van der Waals surface area contributed by atoms with Crippen molar-refractivity contribution in [1.29, 1.82) is 0 Å². The molecule has 1 aromatic heterocycles. The van der Waals surface area contributed by atoms with E-state index in [0.29, 0.717) is 6.54 Å². The molecule has 0 fully saturated rings. The van der Waals surface area contributed by atoms with Crippen LogP contribution < -0.4 is 10.3 Å². The second-order valence-corrected chi connectivity index (χ2v) is 5.24. The second-order valence-electron chi connectivity index (χ2n) is 4.88. The lowest BCUT2D eigenvalue weighted by Gasteiger charge is -2.13. The van der Waals surface area contributed by atoms with Crippen LogP contribution in [0, 0.1) is 20.8 Å². The minimum absolute atomic E-state index is 0.0802. The third kappa shape index (κ3) is 2.70. The molecule has 0 aliphatic rings. The molecule has 0 atom stereocenters. The highest BCUT2D eigenvalue weighted by molar-refractivity contribution is 6.30. The molecular formula is C15H17ClN2O2. The molecule has 2 aromatic rings. The molecule has 2 rings (SSSR count). The fraction of sp³-hybridized carbons (Fsp3) is 0.333. The first kappa shape index (κ1) is 14.6. The highest BCUT2D eigenvalue weighted by Crippen LogP contribution is 2.19. The first-order chi connectivity index (χ1) is 9.43. The van der Waals surface area contributed by atoms with Gasteiger partial charge in [0.1, 0.15) is 0 Å². The molecular weight excluding hydrogens is 276 g/mol. The van der Waals surface area contributed by atoms with Crippen LogP contribution in [0.3, 0.4) is 0 Å². The summed E-state index contributed by atoms with van der Waals surface area (Å²) in [4.78, 5) is 16.2. The number of ether oxygens (including phenoxy) is 1. The number of aromatic nitrogens is 2. The molecule has 20 heavy (non-hydrogen) atoms. The van der Waals surface area contributed by atoms with E-state index in [4.69, 9.17) is 16.3 Å². The molecule has 0 bridgehead atoms. The lowest BCUT2D eigenvalue weighted by Crippen LogP contribution is -2.23. The summed E-state index contributed by atoms with van der Waals surface area (Å²) in [5, 5.41) is 0.0890. The molecule has 0 unspecified atom stereocenters. The number of halogens is 1. The van der Waals surface area contributed by atoms with Crippen molar-refractivity contribution in [3.8, 4) is 5.75 Å². The van der Waals surface area contributed by atoms with E-state index in [2.05, 4.69) is 24.0 Å². The molecule has 1 aromatic carbocycles. The quantitative estimate of drug-likeness (QED) is 0.817. The maximum Gasteiger partial charge on any atom is 0.297 e. The Labute approximate surface area is 123 Å². The summed E-state index contributed by atoms with van der Waals surface area (Å²) in [5.41, 5.74) is 4.37. The van der Waals surface area contributed by atoms with E-state index < -0.39 is 0 Å². The molecule has 0 N–H and O–H groups in total. The lowest BCUT2D eigenvalue weighted by atomic mass is 10.00. The molecule has 0 saturated heterocycles. The summed E-state index contributed by atoms with van der Waals surface area (Å²) in [5.74, 6) is 0.0802. The van der Waals surface area contributed by atoms with Gasteiger partial charge in [0.05, 0.1) is 20.0 Å². The summed E-state index contributed by atoms with van der Waals surface area (Å²) >= 11 is 5.84. The third-order valence-corrected chi connectivity index (χ3v) is 3.60. The number of rotatable bonds is 3. The Morgan fingerprint density at radius 3 is 2.40 bits per heavy atom. The van der Waals surface area contributed by atoms with Gasteiger partial charge in [0, 0.05) is 0 Å². The van der Waals surface area contributed by atoms with E-state index in [9.17, 15) is 4.79 Å². The molecule has 5 heteroatoms. The van der Waals surface area contributed by atoms with Crippen LogP contribution in [0.5, 0.6) is 5.75 Å². The van der Waals surface area contributed by atoms with E-state index in [1.807, 2.05) is 13.8 Å². The zero-order valence-electron chi connectivity index (χ0n) is 12.0. The van der Waals surface area contributed by atoms with Gasteiger partial charge in [-0.3, -0.25) is 9.36 Å². The van der Waals surface area contributed by atoms with Crippen molar-refractivity contribution in [1.82, 2.24) is 9.55 Å². The van der Waals surface area contributed by atoms with Crippen molar-refractivity contribution in [3.63, 3.8) is 0 Å². The lowest BCUT2D eigenvalue weighted by molar-refractivity contribution is 0.400. The topological polar surface area (TPSA) is 44.1 Å². The average molecular weight is 293 g/mol. The minimum atomic E-state index is -0.271. The Balaban J connectivity index is 2.49. The molecule has 1 heterocycles. The number of aryl methyl sites for hydroxylation is 3. The fourth-order valence-corrected chi connectivity index (χ4v) is 2.57. The van der Waals surface area contributed by atoms with Crippen molar-refractivity contribution < 1.29 is 4.74 Å². The highest BCUT2D eigenvalue weighted by Gasteiger charge is 2.12. The van der Waals surface area contributed by atoms with Gasteiger partial charge in [-0.05, 0) is 37.5 Å². The van der Waals surface area contributed by atoms with Crippen molar-refractivity contribution >= 4 is 11.6 Å². The van der Waals surface area contributed by atoms with Crippen molar-refractivity contribution in [2.24, 2.45) is 0 Å². The summed E-state index contributed by atoms with van der Waals surface area (Å²) in [6, 6.07) is 4.21. The molecule has 0 saturated carbocycles. The SMILES string of the molecule is COc1c(Cl)ncn(Cc2c(C)cc(C)cc2C)c1=O. The Hall–Kier alpha value is -1.81. The first-order valence-electron chi connectivity index (χ1n) is 6.29. The monoisotopic (exact) mass is 292 g/mol. The van der Waals surface area contributed by atoms with E-state index in [0.717, 1.165) is 16.7 Å². The van der Waals surface area contributed by atoms with Crippen LogP contribution in [0.15, 0.2) is 23.3 Å². The van der Waals surface area contributed by atoms with E-state index in [-0.39, 0.29) is 16.5 Å². The average Bonchev–Trinajstić information content (AvgIpc) is 2.36. The molecule has 0 aliphatic heterocycles. The van der Waals surface area contributed by atoms with Gasteiger partial charge in [0.25, 0.3) is 5.56 Å². The van der Waals surface area contributed by atoms with E-state index in [1.165, 1.54) is 23.6 Å². The van der Waals surface area contributed by atoms with Gasteiger partial charge in [-0.25, -0.2) is 4.98 Å². The molecule has 4 nitrogen and oxygen atoms in total. The van der Waals surface area contributed by atoms with Gasteiger partial charge in [-0.15, -0.1) is 0 Å². The number of methoxy groups -OCH3 is 1. The molecule has 0 spiro atoms. The van der Waals surface area contributed by atoms with Crippen molar-refractivity contribution in [3.05, 3.63) is 56.2 Å². The maximum absolute atomic E-state index is 12.2. The van der Waals surface area contributed by atoms with Crippen molar-refractivity contribution in [2.75, 3.05) is 7.11 Å². The summed E-state index contributed by atoms with van der Waals surface area (Å²) in [7, 11) is 1.41. The zero-order valence-corrected chi connectivity index (χ0v) is 12.8. The Kier molecular flexibility index (Phi) is 4.14. The summed E-state index contributed by atoms with van der Waals surface area (Å²) in [6.45, 7) is 6.60. The van der Waals surface area contributed by atoms with E-state index >= 15 is 0 Å². The van der Waals surface area contributed by atoms with E-state index in [1.54, 1.807) is 0 Å². The Bertz CT molecular complexity index is 685. The summed E-state index contributed by atoms with van der Waals surface area (Å²) in [6.07, 6.45) is 1.45. The molecule has 106 valence electrons. The maximum atomic E-state index is 12.2. The Morgan fingerprint density at radius 2 is 1.85 bits per heavy atom. The van der Waals surface area contributed by atoms with Crippen LogP contribution >= 0.6 is 11.6 Å². The largest absolute Gasteiger partial charge is 0.489 e. The number of nitrogens with zero attached hydrogens (tertiary/aromatic N) is 2. The van der Waals surface area contributed by atoms with Crippen LogP contribution in [0.1, 0.15) is 22.3 Å². The van der Waals surface area contributed by atoms with Gasteiger partial charge in [0.2, 0.25) is 5.75 Å². The number of hydrogen-bond donors (Lipinski definition) is 0. The van der Waals surface area contributed by atoms with Crippen LogP contribution in [0.2, 0.25) is 5.15 Å². The van der Waals surface area contributed by atoms with Gasteiger partial charge >= 0.3 is 0 Å². The molecule has 0 aliphatic carbocycles. The predicted molar refractivity (Wildman–Crippen MR) is 79.8 cm³/mol. The van der Waals surface area contributed by atoms with Crippen LogP contribution in [0.25, 0.3) is 0 Å². The van der Waals surface area contributed by atoms with Crippen molar-refractivity contribution in [2.45, 2.75) is 27.3 Å². The predicted octanol–water partition coefficient (Wildman–Crippen LogP) is 2.88.